The highest BCUT2D eigenvalue weighted by molar-refractivity contribution is 6.07. The van der Waals surface area contributed by atoms with Crippen LogP contribution >= 0.6 is 0 Å². The summed E-state index contributed by atoms with van der Waals surface area (Å²) in [5, 5.41) is 13.5. The monoisotopic (exact) mass is 464 g/mol. The lowest BCUT2D eigenvalue weighted by atomic mass is 10.1. The molecule has 2 aromatic carbocycles. The molecule has 2 fully saturated rings. The number of morpholine rings is 1. The summed E-state index contributed by atoms with van der Waals surface area (Å²) in [6, 6.07) is 14.2. The van der Waals surface area contributed by atoms with Gasteiger partial charge in [-0.25, -0.2) is 4.79 Å². The molecule has 0 unspecified atom stereocenters. The predicted molar refractivity (Wildman–Crippen MR) is 123 cm³/mol. The summed E-state index contributed by atoms with van der Waals surface area (Å²) in [4.78, 5) is 43.7. The maximum atomic E-state index is 13.2. The minimum Gasteiger partial charge on any atom is -0.425 e. The van der Waals surface area contributed by atoms with Gasteiger partial charge < -0.3 is 29.4 Å². The lowest BCUT2D eigenvalue weighted by Gasteiger charge is -2.27. The van der Waals surface area contributed by atoms with Crippen LogP contribution in [0.4, 0.5) is 16.2 Å². The van der Waals surface area contributed by atoms with E-state index in [1.165, 1.54) is 4.90 Å². The van der Waals surface area contributed by atoms with Crippen LogP contribution in [0, 0.1) is 0 Å². The van der Waals surface area contributed by atoms with E-state index in [1.807, 2.05) is 24.3 Å². The van der Waals surface area contributed by atoms with E-state index in [0.29, 0.717) is 30.1 Å². The van der Waals surface area contributed by atoms with Crippen molar-refractivity contribution in [2.75, 3.05) is 36.5 Å². The van der Waals surface area contributed by atoms with Crippen LogP contribution in [0.2, 0.25) is 0 Å². The Morgan fingerprint density at radius 3 is 2.74 bits per heavy atom. The van der Waals surface area contributed by atoms with Crippen LogP contribution in [0.15, 0.2) is 54.7 Å². The third-order valence-corrected chi connectivity index (χ3v) is 5.96. The first-order chi connectivity index (χ1) is 16.5. The van der Waals surface area contributed by atoms with Crippen LogP contribution in [0.1, 0.15) is 16.8 Å². The summed E-state index contributed by atoms with van der Waals surface area (Å²) in [5.41, 5.74) is 2.46. The molecule has 3 aromatic rings. The Balaban J connectivity index is 1.24. The molecule has 3 heterocycles. The summed E-state index contributed by atoms with van der Waals surface area (Å²) in [7, 11) is 0. The predicted octanol–water partition coefficient (Wildman–Crippen LogP) is 2.31. The molecule has 10 heteroatoms. The van der Waals surface area contributed by atoms with Gasteiger partial charge in [0.25, 0.3) is 11.8 Å². The second-order valence-electron chi connectivity index (χ2n) is 8.22. The number of carbonyl (C=O) groups is 3. The van der Waals surface area contributed by atoms with Gasteiger partial charge in [-0.2, -0.15) is 0 Å². The molecule has 0 saturated carbocycles. The third kappa shape index (κ3) is 4.33. The lowest BCUT2D eigenvalue weighted by molar-refractivity contribution is -0.125. The molecule has 2 saturated heterocycles. The molecular weight excluding hydrogens is 440 g/mol. The van der Waals surface area contributed by atoms with Crippen LogP contribution in [-0.4, -0.2) is 71.5 Å². The van der Waals surface area contributed by atoms with Gasteiger partial charge in [-0.15, -0.1) is 0 Å². The molecule has 5 rings (SSSR count). The van der Waals surface area contributed by atoms with E-state index >= 15 is 0 Å². The zero-order chi connectivity index (χ0) is 23.7. The van der Waals surface area contributed by atoms with Crippen LogP contribution in [0.25, 0.3) is 10.9 Å². The summed E-state index contributed by atoms with van der Waals surface area (Å²) < 4.78 is 10.6. The van der Waals surface area contributed by atoms with Gasteiger partial charge in [-0.3, -0.25) is 14.9 Å². The number of aromatic nitrogens is 1. The summed E-state index contributed by atoms with van der Waals surface area (Å²) in [6.45, 7) is 1.06. The van der Waals surface area contributed by atoms with Crippen molar-refractivity contribution >= 4 is 40.2 Å². The number of carbonyl (C=O) groups excluding carboxylic acids is 3. The van der Waals surface area contributed by atoms with Gasteiger partial charge in [0, 0.05) is 41.4 Å². The highest BCUT2D eigenvalue weighted by atomic mass is 16.6. The highest BCUT2D eigenvalue weighted by Gasteiger charge is 2.38. The van der Waals surface area contributed by atoms with Gasteiger partial charge in [0.1, 0.15) is 6.61 Å². The number of H-pyrrole nitrogens is 1. The topological polar surface area (TPSA) is 124 Å². The van der Waals surface area contributed by atoms with Crippen molar-refractivity contribution in [3.63, 3.8) is 0 Å². The molecular formula is C24H24N4O6. The first kappa shape index (κ1) is 21.9. The Bertz CT molecular complexity index is 1220. The SMILES string of the molecule is O=C(Nc1ccc(N2CCOCC2=O)cc1)O[C@@H]1C[C@@H](O)CN1C(=O)c1c[nH]c2ccccc12. The van der Waals surface area contributed by atoms with Crippen molar-refractivity contribution in [1.82, 2.24) is 9.88 Å². The second-order valence-corrected chi connectivity index (χ2v) is 8.22. The zero-order valence-corrected chi connectivity index (χ0v) is 18.3. The fourth-order valence-electron chi connectivity index (χ4n) is 4.29. The van der Waals surface area contributed by atoms with Crippen molar-refractivity contribution in [3.05, 3.63) is 60.3 Å². The first-order valence-corrected chi connectivity index (χ1v) is 11.0. The lowest BCUT2D eigenvalue weighted by Crippen LogP contribution is -2.41. The quantitative estimate of drug-likeness (QED) is 0.544. The van der Waals surface area contributed by atoms with Gasteiger partial charge in [0.15, 0.2) is 6.23 Å². The summed E-state index contributed by atoms with van der Waals surface area (Å²) in [5.74, 6) is -0.447. The number of nitrogens with zero attached hydrogens (tertiary/aromatic N) is 2. The number of anilines is 2. The van der Waals surface area contributed by atoms with E-state index in [2.05, 4.69) is 10.3 Å². The number of rotatable bonds is 4. The molecule has 3 N–H and O–H groups in total. The fourth-order valence-corrected chi connectivity index (χ4v) is 4.29. The average Bonchev–Trinajstić information content (AvgIpc) is 3.43. The number of β-amino-alcohol motifs (C(OH)–C–C–N with tert-alkyl or cyclic N) is 1. The van der Waals surface area contributed by atoms with Gasteiger partial charge in [-0.1, -0.05) is 18.2 Å². The number of benzene rings is 2. The molecule has 0 bridgehead atoms. The van der Waals surface area contributed by atoms with Gasteiger partial charge in [-0.05, 0) is 30.3 Å². The number of hydrogen-bond acceptors (Lipinski definition) is 6. The number of ether oxygens (including phenoxy) is 2. The number of fused-ring (bicyclic) bond motifs is 1. The number of aliphatic hydroxyl groups excluding tert-OH is 1. The third-order valence-electron chi connectivity index (χ3n) is 5.96. The van der Waals surface area contributed by atoms with Crippen LogP contribution < -0.4 is 10.2 Å². The summed E-state index contributed by atoms with van der Waals surface area (Å²) in [6.07, 6.45) is -0.695. The maximum Gasteiger partial charge on any atom is 0.413 e. The van der Waals surface area contributed by atoms with Gasteiger partial charge in [0.05, 0.1) is 24.8 Å². The van der Waals surface area contributed by atoms with Crippen LogP contribution in [0.5, 0.6) is 0 Å². The number of para-hydroxylation sites is 1. The van der Waals surface area contributed by atoms with Crippen molar-refractivity contribution < 1.29 is 29.0 Å². The highest BCUT2D eigenvalue weighted by Crippen LogP contribution is 2.26. The van der Waals surface area contributed by atoms with E-state index in [-0.39, 0.29) is 31.4 Å². The normalized spacial score (nSPS) is 20.6. The largest absolute Gasteiger partial charge is 0.425 e. The number of aliphatic hydroxyl groups is 1. The molecule has 0 radical (unpaired) electrons. The van der Waals surface area contributed by atoms with E-state index in [4.69, 9.17) is 9.47 Å². The molecule has 34 heavy (non-hydrogen) atoms. The summed E-state index contributed by atoms with van der Waals surface area (Å²) >= 11 is 0. The van der Waals surface area contributed by atoms with E-state index < -0.39 is 18.4 Å². The van der Waals surface area contributed by atoms with E-state index in [1.54, 1.807) is 35.4 Å². The van der Waals surface area contributed by atoms with Crippen LogP contribution in [0.3, 0.4) is 0 Å². The molecule has 10 nitrogen and oxygen atoms in total. The number of nitrogens with one attached hydrogen (secondary N) is 2. The van der Waals surface area contributed by atoms with Gasteiger partial charge >= 0.3 is 6.09 Å². The Morgan fingerprint density at radius 2 is 1.94 bits per heavy atom. The molecule has 0 aliphatic carbocycles. The van der Waals surface area contributed by atoms with Crippen molar-refractivity contribution in [1.29, 1.82) is 0 Å². The number of likely N-dealkylation sites (tertiary alicyclic amines) is 1. The van der Waals surface area contributed by atoms with E-state index in [0.717, 1.165) is 10.9 Å². The Morgan fingerprint density at radius 1 is 1.15 bits per heavy atom. The van der Waals surface area contributed by atoms with Crippen LogP contribution in [-0.2, 0) is 14.3 Å². The Hall–Kier alpha value is -3.89. The number of hydrogen-bond donors (Lipinski definition) is 3. The average molecular weight is 464 g/mol. The second kappa shape index (κ2) is 9.16. The van der Waals surface area contributed by atoms with Crippen molar-refractivity contribution in [3.8, 4) is 0 Å². The molecule has 1 aromatic heterocycles. The Labute approximate surface area is 195 Å². The molecule has 2 aliphatic rings. The van der Waals surface area contributed by atoms with Crippen molar-refractivity contribution in [2.24, 2.45) is 0 Å². The molecule has 176 valence electrons. The molecule has 3 amide bonds. The Kier molecular flexibility index (Phi) is 5.91. The smallest absolute Gasteiger partial charge is 0.413 e. The number of aromatic amines is 1. The minimum atomic E-state index is -0.901. The zero-order valence-electron chi connectivity index (χ0n) is 18.3. The van der Waals surface area contributed by atoms with Gasteiger partial charge in [0.2, 0.25) is 0 Å². The minimum absolute atomic E-state index is 0.0489. The molecule has 2 aliphatic heterocycles. The maximum absolute atomic E-state index is 13.2. The fraction of sp³-hybridized carbons (Fsp3) is 0.292. The van der Waals surface area contributed by atoms with E-state index in [9.17, 15) is 19.5 Å². The van der Waals surface area contributed by atoms with Crippen molar-refractivity contribution in [2.45, 2.75) is 18.8 Å². The molecule has 2 atom stereocenters. The number of amides is 3. The standard InChI is InChI=1S/C24H24N4O6/c29-17-11-22(28(13-17)23(31)19-12-25-20-4-2-1-3-18(19)20)34-24(32)26-15-5-7-16(8-6-15)27-9-10-33-14-21(27)30/h1-8,12,17,22,25,29H,9-11,13-14H2,(H,26,32)/t17-,22-/m1/s1. The first-order valence-electron chi connectivity index (χ1n) is 11.0. The molecule has 0 spiro atoms.